The molecule has 102 valence electrons. The molecule has 0 aliphatic carbocycles. The minimum Gasteiger partial charge on any atom is -0.306 e. The molecule has 0 spiro atoms. The molecular weight excluding hydrogens is 242 g/mol. The third-order valence-electron chi connectivity index (χ3n) is 3.48. The molecule has 0 aliphatic rings. The lowest BCUT2D eigenvalue weighted by atomic mass is 9.96. The van der Waals surface area contributed by atoms with Gasteiger partial charge in [-0.25, -0.2) is 0 Å². The average molecular weight is 268 g/mol. The van der Waals surface area contributed by atoms with Gasteiger partial charge in [-0.2, -0.15) is 0 Å². The van der Waals surface area contributed by atoms with Gasteiger partial charge in [-0.15, -0.1) is 11.6 Å². The first-order valence-corrected chi connectivity index (χ1v) is 7.42. The number of alkyl halides is 1. The molecule has 0 heterocycles. The van der Waals surface area contributed by atoms with Gasteiger partial charge in [0, 0.05) is 12.4 Å². The topological polar surface area (TPSA) is 3.24 Å². The van der Waals surface area contributed by atoms with E-state index in [0.29, 0.717) is 5.92 Å². The molecule has 0 atom stereocenters. The minimum absolute atomic E-state index is 0.610. The zero-order chi connectivity index (χ0) is 13.5. The van der Waals surface area contributed by atoms with Crippen LogP contribution in [0.5, 0.6) is 0 Å². The summed E-state index contributed by atoms with van der Waals surface area (Å²) in [5.74, 6) is 1.37. The van der Waals surface area contributed by atoms with Crippen LogP contribution in [0.4, 0.5) is 0 Å². The highest BCUT2D eigenvalue weighted by molar-refractivity contribution is 6.17. The van der Waals surface area contributed by atoms with Crippen molar-refractivity contribution in [1.82, 2.24) is 4.90 Å². The lowest BCUT2D eigenvalue weighted by molar-refractivity contribution is 0.339. The van der Waals surface area contributed by atoms with Gasteiger partial charge in [0.25, 0.3) is 0 Å². The molecule has 0 fully saturated rings. The second kappa shape index (κ2) is 7.81. The Morgan fingerprint density at radius 3 is 2.56 bits per heavy atom. The van der Waals surface area contributed by atoms with E-state index in [0.717, 1.165) is 31.8 Å². The molecule has 18 heavy (non-hydrogen) atoms. The van der Waals surface area contributed by atoms with Gasteiger partial charge in [0.15, 0.2) is 0 Å². The van der Waals surface area contributed by atoms with E-state index < -0.39 is 0 Å². The molecular formula is C16H26ClN. The van der Waals surface area contributed by atoms with Crippen molar-refractivity contribution in [3.63, 3.8) is 0 Å². The summed E-state index contributed by atoms with van der Waals surface area (Å²) in [6.45, 7) is 8.91. The zero-order valence-corrected chi connectivity index (χ0v) is 12.9. The molecule has 0 amide bonds. The molecule has 1 rings (SSSR count). The first kappa shape index (κ1) is 15.5. The quantitative estimate of drug-likeness (QED) is 0.669. The molecule has 0 aliphatic heterocycles. The highest BCUT2D eigenvalue weighted by Crippen LogP contribution is 2.19. The first-order chi connectivity index (χ1) is 8.54. The number of halogens is 1. The van der Waals surface area contributed by atoms with Gasteiger partial charge in [0.1, 0.15) is 0 Å². The van der Waals surface area contributed by atoms with E-state index in [1.165, 1.54) is 16.7 Å². The van der Waals surface area contributed by atoms with Crippen LogP contribution in [0.1, 0.15) is 42.9 Å². The normalized spacial score (nSPS) is 11.5. The molecule has 0 N–H and O–H groups in total. The van der Waals surface area contributed by atoms with Crippen LogP contribution in [0.15, 0.2) is 18.2 Å². The van der Waals surface area contributed by atoms with Crippen LogP contribution in [0.3, 0.4) is 0 Å². The number of hydrogen-bond donors (Lipinski definition) is 0. The summed E-state index contributed by atoms with van der Waals surface area (Å²) in [5, 5.41) is 0. The number of benzene rings is 1. The number of hydrogen-bond acceptors (Lipinski definition) is 1. The Kier molecular flexibility index (Phi) is 6.73. The number of likely N-dealkylation sites (N-methyl/N-ethyl adjacent to an activating group) is 1. The van der Waals surface area contributed by atoms with Crippen LogP contribution < -0.4 is 0 Å². The fourth-order valence-corrected chi connectivity index (χ4v) is 2.19. The number of rotatable bonds is 7. The van der Waals surface area contributed by atoms with Crippen LogP contribution in [-0.2, 0) is 6.42 Å². The van der Waals surface area contributed by atoms with E-state index >= 15 is 0 Å². The van der Waals surface area contributed by atoms with Crippen LogP contribution in [0.25, 0.3) is 0 Å². The maximum Gasteiger partial charge on any atom is 0.0235 e. The molecule has 2 heteroatoms. The Labute approximate surface area is 117 Å². The molecule has 0 radical (unpaired) electrons. The Hall–Kier alpha value is -0.530. The van der Waals surface area contributed by atoms with Crippen molar-refractivity contribution in [2.75, 3.05) is 26.0 Å². The smallest absolute Gasteiger partial charge is 0.0235 e. The summed E-state index contributed by atoms with van der Waals surface area (Å²) in [6, 6.07) is 6.87. The van der Waals surface area contributed by atoms with Crippen molar-refractivity contribution >= 4 is 11.6 Å². The molecule has 1 nitrogen and oxygen atoms in total. The summed E-state index contributed by atoms with van der Waals surface area (Å²) >= 11 is 5.72. The van der Waals surface area contributed by atoms with Gasteiger partial charge >= 0.3 is 0 Å². The molecule has 0 bridgehead atoms. The molecule has 1 aromatic rings. The van der Waals surface area contributed by atoms with Crippen molar-refractivity contribution in [3.05, 3.63) is 34.9 Å². The standard InChI is InChI=1S/C16H26ClN/c1-13(2)15-7-6-14(3)16(12-15)8-11-18(4)10-5-9-17/h6-7,12-13H,5,8-11H2,1-4H3. The summed E-state index contributed by atoms with van der Waals surface area (Å²) < 4.78 is 0. The van der Waals surface area contributed by atoms with E-state index in [2.05, 4.69) is 50.9 Å². The Morgan fingerprint density at radius 2 is 1.94 bits per heavy atom. The van der Waals surface area contributed by atoms with Crippen LogP contribution in [0.2, 0.25) is 0 Å². The van der Waals surface area contributed by atoms with Crippen molar-refractivity contribution in [2.45, 2.75) is 39.5 Å². The lowest BCUT2D eigenvalue weighted by Gasteiger charge is -2.17. The van der Waals surface area contributed by atoms with Gasteiger partial charge in [0.2, 0.25) is 0 Å². The van der Waals surface area contributed by atoms with Crippen LogP contribution >= 0.6 is 11.6 Å². The van der Waals surface area contributed by atoms with E-state index in [4.69, 9.17) is 11.6 Å². The summed E-state index contributed by atoms with van der Waals surface area (Å²) in [5.41, 5.74) is 4.34. The van der Waals surface area contributed by atoms with Crippen molar-refractivity contribution in [3.8, 4) is 0 Å². The largest absolute Gasteiger partial charge is 0.306 e. The van der Waals surface area contributed by atoms with E-state index in [9.17, 15) is 0 Å². The maximum atomic E-state index is 5.72. The van der Waals surface area contributed by atoms with E-state index in [1.54, 1.807) is 0 Å². The SMILES string of the molecule is Cc1ccc(C(C)C)cc1CCN(C)CCCCl. The monoisotopic (exact) mass is 267 g/mol. The Bertz CT molecular complexity index is 360. The summed E-state index contributed by atoms with van der Waals surface area (Å²) in [6.07, 6.45) is 2.20. The number of aryl methyl sites for hydroxylation is 1. The zero-order valence-electron chi connectivity index (χ0n) is 12.2. The van der Waals surface area contributed by atoms with E-state index in [-0.39, 0.29) is 0 Å². The highest BCUT2D eigenvalue weighted by atomic mass is 35.5. The van der Waals surface area contributed by atoms with Crippen molar-refractivity contribution in [2.24, 2.45) is 0 Å². The Morgan fingerprint density at radius 1 is 1.22 bits per heavy atom. The second-order valence-electron chi connectivity index (χ2n) is 5.44. The highest BCUT2D eigenvalue weighted by Gasteiger charge is 2.05. The average Bonchev–Trinajstić information content (AvgIpc) is 2.35. The van der Waals surface area contributed by atoms with Gasteiger partial charge in [0.05, 0.1) is 0 Å². The van der Waals surface area contributed by atoms with Gasteiger partial charge < -0.3 is 4.90 Å². The lowest BCUT2D eigenvalue weighted by Crippen LogP contribution is -2.23. The van der Waals surface area contributed by atoms with E-state index in [1.807, 2.05) is 0 Å². The van der Waals surface area contributed by atoms with Crippen molar-refractivity contribution in [1.29, 1.82) is 0 Å². The predicted octanol–water partition coefficient (Wildman–Crippen LogP) is 4.22. The summed E-state index contributed by atoms with van der Waals surface area (Å²) in [4.78, 5) is 2.36. The minimum atomic E-state index is 0.610. The fraction of sp³-hybridized carbons (Fsp3) is 0.625. The fourth-order valence-electron chi connectivity index (χ4n) is 2.07. The third kappa shape index (κ3) is 4.99. The van der Waals surface area contributed by atoms with Gasteiger partial charge in [-0.3, -0.25) is 0 Å². The number of nitrogens with zero attached hydrogens (tertiary/aromatic N) is 1. The molecule has 1 aromatic carbocycles. The molecule has 0 aromatic heterocycles. The van der Waals surface area contributed by atoms with Gasteiger partial charge in [-0.1, -0.05) is 32.0 Å². The molecule has 0 unspecified atom stereocenters. The van der Waals surface area contributed by atoms with Gasteiger partial charge in [-0.05, 0) is 56.0 Å². The molecule has 0 saturated heterocycles. The molecule has 0 saturated carbocycles. The maximum absolute atomic E-state index is 5.72. The first-order valence-electron chi connectivity index (χ1n) is 6.88. The summed E-state index contributed by atoms with van der Waals surface area (Å²) in [7, 11) is 2.17. The van der Waals surface area contributed by atoms with Crippen molar-refractivity contribution < 1.29 is 0 Å². The van der Waals surface area contributed by atoms with Crippen LogP contribution in [-0.4, -0.2) is 30.9 Å². The Balaban J connectivity index is 2.58. The second-order valence-corrected chi connectivity index (χ2v) is 5.81. The third-order valence-corrected chi connectivity index (χ3v) is 3.74. The predicted molar refractivity (Wildman–Crippen MR) is 81.8 cm³/mol. The van der Waals surface area contributed by atoms with Crippen LogP contribution in [0, 0.1) is 6.92 Å².